The van der Waals surface area contributed by atoms with E-state index >= 15 is 0 Å². The maximum Gasteiger partial charge on any atom is 0.255 e. The van der Waals surface area contributed by atoms with Gasteiger partial charge in [0.2, 0.25) is 0 Å². The molecule has 4 rings (SSSR count). The topological polar surface area (TPSA) is 52.5 Å². The third-order valence-corrected chi connectivity index (χ3v) is 4.55. The van der Waals surface area contributed by atoms with Crippen molar-refractivity contribution in [3.63, 3.8) is 0 Å². The predicted octanol–water partition coefficient (Wildman–Crippen LogP) is 3.90. The van der Waals surface area contributed by atoms with Gasteiger partial charge >= 0.3 is 0 Å². The van der Waals surface area contributed by atoms with Crippen molar-refractivity contribution in [2.45, 2.75) is 13.3 Å². The zero-order chi connectivity index (χ0) is 17.4. The summed E-state index contributed by atoms with van der Waals surface area (Å²) in [4.78, 5) is 12.6. The van der Waals surface area contributed by atoms with Gasteiger partial charge in [-0.1, -0.05) is 0 Å². The summed E-state index contributed by atoms with van der Waals surface area (Å²) in [7, 11) is 2.04. The molecule has 0 spiro atoms. The van der Waals surface area contributed by atoms with Crippen molar-refractivity contribution in [1.82, 2.24) is 4.57 Å². The minimum absolute atomic E-state index is 0.164. The normalized spacial score (nSPS) is 13.5. The Kier molecular flexibility index (Phi) is 3.84. The van der Waals surface area contributed by atoms with Gasteiger partial charge in [-0.3, -0.25) is 4.79 Å². The Hall–Kier alpha value is -2.95. The van der Waals surface area contributed by atoms with E-state index in [1.165, 1.54) is 5.69 Å². The third kappa shape index (κ3) is 2.93. The van der Waals surface area contributed by atoms with Gasteiger partial charge in [0.25, 0.3) is 5.91 Å². The lowest BCUT2D eigenvalue weighted by Crippen LogP contribution is -2.12. The molecule has 1 amide bonds. The average Bonchev–Trinajstić information content (AvgIpc) is 2.78. The molecule has 128 valence electrons. The van der Waals surface area contributed by atoms with E-state index in [-0.39, 0.29) is 5.91 Å². The van der Waals surface area contributed by atoms with E-state index in [2.05, 4.69) is 22.9 Å². The monoisotopic (exact) mass is 336 g/mol. The van der Waals surface area contributed by atoms with Crippen molar-refractivity contribution in [3.8, 4) is 11.5 Å². The van der Waals surface area contributed by atoms with Gasteiger partial charge < -0.3 is 19.4 Å². The zero-order valence-corrected chi connectivity index (χ0v) is 14.3. The molecule has 0 saturated heterocycles. The lowest BCUT2D eigenvalue weighted by atomic mass is 10.1. The van der Waals surface area contributed by atoms with Crippen LogP contribution in [0.4, 0.5) is 5.69 Å². The van der Waals surface area contributed by atoms with Crippen LogP contribution in [0, 0.1) is 6.92 Å². The van der Waals surface area contributed by atoms with Crippen molar-refractivity contribution in [2.75, 3.05) is 18.5 Å². The summed E-state index contributed by atoms with van der Waals surface area (Å²) < 4.78 is 13.4. The number of rotatable bonds is 2. The second-order valence-electron chi connectivity index (χ2n) is 6.28. The number of nitrogens with one attached hydrogen (secondary N) is 1. The van der Waals surface area contributed by atoms with E-state index in [0.29, 0.717) is 30.3 Å². The molecule has 2 heterocycles. The molecule has 1 N–H and O–H groups in total. The predicted molar refractivity (Wildman–Crippen MR) is 97.7 cm³/mol. The number of ether oxygens (including phenoxy) is 2. The first-order valence-corrected chi connectivity index (χ1v) is 8.39. The fourth-order valence-corrected chi connectivity index (χ4v) is 3.07. The highest BCUT2D eigenvalue weighted by atomic mass is 16.5. The number of nitrogens with zero attached hydrogens (tertiary/aromatic N) is 1. The molecule has 1 aliphatic rings. The molecule has 5 heteroatoms. The molecule has 5 nitrogen and oxygen atoms in total. The van der Waals surface area contributed by atoms with Gasteiger partial charge in [0.15, 0.2) is 11.5 Å². The van der Waals surface area contributed by atoms with Crippen LogP contribution in [-0.2, 0) is 7.05 Å². The first-order valence-electron chi connectivity index (χ1n) is 8.39. The summed E-state index contributed by atoms with van der Waals surface area (Å²) in [6, 6.07) is 13.3. The Morgan fingerprint density at radius 2 is 1.84 bits per heavy atom. The molecule has 3 aromatic rings. The van der Waals surface area contributed by atoms with Gasteiger partial charge in [-0.2, -0.15) is 0 Å². The van der Waals surface area contributed by atoms with E-state index in [1.54, 1.807) is 18.2 Å². The van der Waals surface area contributed by atoms with E-state index in [4.69, 9.17) is 9.47 Å². The third-order valence-electron chi connectivity index (χ3n) is 4.55. The van der Waals surface area contributed by atoms with E-state index in [9.17, 15) is 4.79 Å². The fourth-order valence-electron chi connectivity index (χ4n) is 3.07. The maximum absolute atomic E-state index is 12.6. The molecule has 0 saturated carbocycles. The average molecular weight is 336 g/mol. The first-order chi connectivity index (χ1) is 12.1. The SMILES string of the molecule is Cc1cc2cc(NC(=O)c3ccc4c(c3)OCCCO4)ccc2n1C. The minimum Gasteiger partial charge on any atom is -0.490 e. The van der Waals surface area contributed by atoms with Crippen LogP contribution in [-0.4, -0.2) is 23.7 Å². The molecule has 2 aromatic carbocycles. The molecule has 0 unspecified atom stereocenters. The smallest absolute Gasteiger partial charge is 0.255 e. The fraction of sp³-hybridized carbons (Fsp3) is 0.250. The van der Waals surface area contributed by atoms with Crippen molar-refractivity contribution in [1.29, 1.82) is 0 Å². The van der Waals surface area contributed by atoms with Crippen LogP contribution in [0.1, 0.15) is 22.5 Å². The second-order valence-corrected chi connectivity index (χ2v) is 6.28. The van der Waals surface area contributed by atoms with Crippen LogP contribution in [0.5, 0.6) is 11.5 Å². The van der Waals surface area contributed by atoms with Crippen LogP contribution >= 0.6 is 0 Å². The first kappa shape index (κ1) is 15.6. The van der Waals surface area contributed by atoms with Crippen LogP contribution in [0.3, 0.4) is 0 Å². The number of carbonyl (C=O) groups is 1. The van der Waals surface area contributed by atoms with Gasteiger partial charge in [0.1, 0.15) is 0 Å². The van der Waals surface area contributed by atoms with E-state index in [0.717, 1.165) is 23.0 Å². The van der Waals surface area contributed by atoms with Crippen LogP contribution in [0.25, 0.3) is 10.9 Å². The molecule has 1 aromatic heterocycles. The van der Waals surface area contributed by atoms with Crippen LogP contribution in [0.2, 0.25) is 0 Å². The van der Waals surface area contributed by atoms with Crippen LogP contribution in [0.15, 0.2) is 42.5 Å². The molecule has 1 aliphatic heterocycles. The Bertz CT molecular complexity index is 959. The van der Waals surface area contributed by atoms with Gasteiger partial charge in [-0.15, -0.1) is 0 Å². The van der Waals surface area contributed by atoms with Gasteiger partial charge in [0, 0.05) is 41.3 Å². The Labute approximate surface area is 146 Å². The molecule has 0 fully saturated rings. The highest BCUT2D eigenvalue weighted by Gasteiger charge is 2.14. The molecular weight excluding hydrogens is 316 g/mol. The summed E-state index contributed by atoms with van der Waals surface area (Å²) in [6.07, 6.45) is 0.840. The number of aryl methyl sites for hydroxylation is 2. The quantitative estimate of drug-likeness (QED) is 0.772. The highest BCUT2D eigenvalue weighted by molar-refractivity contribution is 6.05. The van der Waals surface area contributed by atoms with Crippen molar-refractivity contribution in [2.24, 2.45) is 7.05 Å². The molecule has 0 bridgehead atoms. The van der Waals surface area contributed by atoms with Crippen LogP contribution < -0.4 is 14.8 Å². The molecular formula is C20H20N2O3. The number of benzene rings is 2. The van der Waals surface area contributed by atoms with Gasteiger partial charge in [0.05, 0.1) is 13.2 Å². The van der Waals surface area contributed by atoms with Crippen molar-refractivity contribution < 1.29 is 14.3 Å². The summed E-state index contributed by atoms with van der Waals surface area (Å²) in [5, 5.41) is 4.06. The Balaban J connectivity index is 1.58. The minimum atomic E-state index is -0.164. The largest absolute Gasteiger partial charge is 0.490 e. The number of amides is 1. The van der Waals surface area contributed by atoms with Gasteiger partial charge in [-0.25, -0.2) is 0 Å². The lowest BCUT2D eigenvalue weighted by molar-refractivity contribution is 0.102. The second kappa shape index (κ2) is 6.16. The maximum atomic E-state index is 12.6. The Morgan fingerprint density at radius 3 is 2.68 bits per heavy atom. The zero-order valence-electron chi connectivity index (χ0n) is 14.3. The summed E-state index contributed by atoms with van der Waals surface area (Å²) in [5.74, 6) is 1.15. The summed E-state index contributed by atoms with van der Waals surface area (Å²) in [5.41, 5.74) is 3.65. The van der Waals surface area contributed by atoms with E-state index < -0.39 is 0 Å². The number of hydrogen-bond acceptors (Lipinski definition) is 3. The molecule has 0 aliphatic carbocycles. The number of carbonyl (C=O) groups excluding carboxylic acids is 1. The highest BCUT2D eigenvalue weighted by Crippen LogP contribution is 2.31. The number of anilines is 1. The number of aromatic nitrogens is 1. The van der Waals surface area contributed by atoms with Gasteiger partial charge in [-0.05, 0) is 49.4 Å². The van der Waals surface area contributed by atoms with Crippen molar-refractivity contribution >= 4 is 22.5 Å². The summed E-state index contributed by atoms with van der Waals surface area (Å²) in [6.45, 7) is 3.30. The Morgan fingerprint density at radius 1 is 1.04 bits per heavy atom. The van der Waals surface area contributed by atoms with E-state index in [1.807, 2.05) is 25.2 Å². The number of hydrogen-bond donors (Lipinski definition) is 1. The van der Waals surface area contributed by atoms with Crippen molar-refractivity contribution in [3.05, 3.63) is 53.7 Å². The molecule has 0 atom stereocenters. The molecule has 0 radical (unpaired) electrons. The number of fused-ring (bicyclic) bond motifs is 2. The lowest BCUT2D eigenvalue weighted by Gasteiger charge is -2.10. The summed E-state index contributed by atoms with van der Waals surface area (Å²) >= 11 is 0. The molecule has 25 heavy (non-hydrogen) atoms. The standard InChI is InChI=1S/C20H20N2O3/c1-13-10-15-11-16(5-6-17(15)22(13)2)21-20(23)14-4-7-18-19(12-14)25-9-3-8-24-18/h4-7,10-12H,3,8-9H2,1-2H3,(H,21,23).